The van der Waals surface area contributed by atoms with Crippen LogP contribution in [0.1, 0.15) is 22.8 Å². The summed E-state index contributed by atoms with van der Waals surface area (Å²) in [4.78, 5) is 17.3. The maximum absolute atomic E-state index is 14.5. The van der Waals surface area contributed by atoms with Gasteiger partial charge in [0.25, 0.3) is 5.91 Å². The van der Waals surface area contributed by atoms with Crippen molar-refractivity contribution in [3.8, 4) is 0 Å². The Hall–Kier alpha value is -3.25. The third-order valence-electron chi connectivity index (χ3n) is 5.70. The summed E-state index contributed by atoms with van der Waals surface area (Å²) in [6.45, 7) is 2.69. The average molecular weight is 546 g/mol. The number of aromatic nitrogens is 1. The number of methoxy groups -OCH3 is 1. The molecule has 0 unspecified atom stereocenters. The van der Waals surface area contributed by atoms with Crippen molar-refractivity contribution in [3.05, 3.63) is 94.3 Å². The third kappa shape index (κ3) is 5.85. The number of fused-ring (bicyclic) bond motifs is 1. The van der Waals surface area contributed by atoms with E-state index in [0.717, 1.165) is 23.0 Å². The fourth-order valence-electron chi connectivity index (χ4n) is 3.83. The van der Waals surface area contributed by atoms with Gasteiger partial charge in [0.05, 0.1) is 21.7 Å². The molecule has 0 spiro atoms. The normalized spacial score (nSPS) is 12.5. The first-order chi connectivity index (χ1) is 17.7. The number of carbonyl (C=O) groups is 1. The monoisotopic (exact) mass is 545 g/mol. The molecule has 7 nitrogen and oxygen atoms in total. The quantitative estimate of drug-likeness (QED) is 0.308. The third-order valence-corrected chi connectivity index (χ3v) is 8.67. The van der Waals surface area contributed by atoms with E-state index in [0.29, 0.717) is 4.70 Å². The molecule has 4 aromatic rings. The summed E-state index contributed by atoms with van der Waals surface area (Å²) in [6.07, 6.45) is 0. The number of rotatable bonds is 9. The summed E-state index contributed by atoms with van der Waals surface area (Å²) in [6, 6.07) is 16.7. The first-order valence-corrected chi connectivity index (χ1v) is 13.7. The number of sulfonamides is 1. The molecular formula is C26H25F2N3O4S2. The lowest BCUT2D eigenvalue weighted by Gasteiger charge is -2.20. The van der Waals surface area contributed by atoms with Crippen LogP contribution < -0.4 is 4.80 Å². The van der Waals surface area contributed by atoms with Crippen LogP contribution in [0.3, 0.4) is 0 Å². The molecule has 37 heavy (non-hydrogen) atoms. The van der Waals surface area contributed by atoms with Crippen molar-refractivity contribution in [2.24, 2.45) is 4.99 Å². The smallest absolute Gasteiger partial charge is 0.279 e. The molecule has 0 fully saturated rings. The Morgan fingerprint density at radius 2 is 1.78 bits per heavy atom. The van der Waals surface area contributed by atoms with Gasteiger partial charge in [0.15, 0.2) is 10.6 Å². The fourth-order valence-corrected chi connectivity index (χ4v) is 6.36. The van der Waals surface area contributed by atoms with Crippen LogP contribution in [0.4, 0.5) is 8.78 Å². The molecule has 0 N–H and O–H groups in total. The fraction of sp³-hybridized carbons (Fsp3) is 0.231. The van der Waals surface area contributed by atoms with Crippen molar-refractivity contribution < 1.29 is 26.7 Å². The molecular weight excluding hydrogens is 520 g/mol. The second-order valence-corrected chi connectivity index (χ2v) is 11.1. The van der Waals surface area contributed by atoms with Gasteiger partial charge in [0.1, 0.15) is 5.82 Å². The van der Waals surface area contributed by atoms with Gasteiger partial charge in [-0.25, -0.2) is 17.2 Å². The van der Waals surface area contributed by atoms with Gasteiger partial charge in [-0.15, -0.1) is 0 Å². The van der Waals surface area contributed by atoms with Crippen molar-refractivity contribution in [3.63, 3.8) is 0 Å². The molecule has 1 heterocycles. The van der Waals surface area contributed by atoms with Gasteiger partial charge in [0.2, 0.25) is 10.0 Å². The Balaban J connectivity index is 1.64. The van der Waals surface area contributed by atoms with Crippen molar-refractivity contribution in [2.45, 2.75) is 24.9 Å². The minimum absolute atomic E-state index is 0.0522. The summed E-state index contributed by atoms with van der Waals surface area (Å²) in [5.41, 5.74) is 1.15. The van der Waals surface area contributed by atoms with Crippen LogP contribution in [-0.2, 0) is 27.8 Å². The van der Waals surface area contributed by atoms with E-state index >= 15 is 0 Å². The van der Waals surface area contributed by atoms with Crippen LogP contribution in [0, 0.1) is 11.6 Å². The van der Waals surface area contributed by atoms with Crippen LogP contribution in [-0.4, -0.2) is 43.5 Å². The molecule has 0 aliphatic heterocycles. The van der Waals surface area contributed by atoms with E-state index in [-0.39, 0.29) is 47.0 Å². The lowest BCUT2D eigenvalue weighted by Crippen LogP contribution is -2.30. The number of carbonyl (C=O) groups excluding carboxylic acids is 1. The van der Waals surface area contributed by atoms with Crippen molar-refractivity contribution in [1.29, 1.82) is 0 Å². The number of benzene rings is 3. The summed E-state index contributed by atoms with van der Waals surface area (Å²) in [5, 5.41) is 0. The number of hydrogen-bond donors (Lipinski definition) is 0. The van der Waals surface area contributed by atoms with Crippen LogP contribution in [0.25, 0.3) is 10.2 Å². The Kier molecular flexibility index (Phi) is 8.28. The number of nitrogens with zero attached hydrogens (tertiary/aromatic N) is 3. The Labute approximate surface area is 217 Å². The summed E-state index contributed by atoms with van der Waals surface area (Å²) >= 11 is 0.978. The van der Waals surface area contributed by atoms with E-state index in [2.05, 4.69) is 4.99 Å². The highest BCUT2D eigenvalue weighted by Crippen LogP contribution is 2.23. The van der Waals surface area contributed by atoms with Gasteiger partial charge < -0.3 is 9.30 Å². The SMILES string of the molecule is CCN(Cc1ccccc1)S(=O)(=O)c1ccc(C(=O)N=c2sc3cc(F)cc(F)c3n2CCOC)cc1. The highest BCUT2D eigenvalue weighted by atomic mass is 32.2. The first-order valence-electron chi connectivity index (χ1n) is 11.4. The van der Waals surface area contributed by atoms with Gasteiger partial charge in [-0.1, -0.05) is 48.6 Å². The van der Waals surface area contributed by atoms with Crippen LogP contribution >= 0.6 is 11.3 Å². The van der Waals surface area contributed by atoms with E-state index in [1.54, 1.807) is 6.92 Å². The maximum atomic E-state index is 14.5. The molecule has 0 bridgehead atoms. The lowest BCUT2D eigenvalue weighted by molar-refractivity contribution is 0.0997. The second kappa shape index (κ2) is 11.4. The molecule has 1 aromatic heterocycles. The van der Waals surface area contributed by atoms with E-state index in [1.807, 2.05) is 30.3 Å². The van der Waals surface area contributed by atoms with E-state index in [1.165, 1.54) is 46.3 Å². The number of amides is 1. The Morgan fingerprint density at radius 1 is 1.08 bits per heavy atom. The minimum Gasteiger partial charge on any atom is -0.383 e. The van der Waals surface area contributed by atoms with E-state index in [4.69, 9.17) is 4.74 Å². The topological polar surface area (TPSA) is 81.0 Å². The molecule has 0 atom stereocenters. The summed E-state index contributed by atoms with van der Waals surface area (Å²) < 4.78 is 62.8. The van der Waals surface area contributed by atoms with Crippen LogP contribution in [0.15, 0.2) is 76.6 Å². The van der Waals surface area contributed by atoms with E-state index < -0.39 is 27.6 Å². The zero-order chi connectivity index (χ0) is 26.6. The zero-order valence-corrected chi connectivity index (χ0v) is 21.9. The second-order valence-electron chi connectivity index (χ2n) is 8.12. The molecule has 11 heteroatoms. The molecule has 194 valence electrons. The molecule has 0 saturated heterocycles. The standard InChI is InChI=1S/C26H25F2N3O4S2/c1-3-30(17-18-7-5-4-6-8-18)37(33,34)21-11-9-19(10-12-21)25(32)29-26-31(13-14-35-2)24-22(28)15-20(27)16-23(24)36-26/h4-12,15-16H,3,13-14,17H2,1-2H3. The summed E-state index contributed by atoms with van der Waals surface area (Å²) in [7, 11) is -2.31. The van der Waals surface area contributed by atoms with Crippen molar-refractivity contribution >= 4 is 37.5 Å². The maximum Gasteiger partial charge on any atom is 0.279 e. The molecule has 1 amide bonds. The van der Waals surface area contributed by atoms with Gasteiger partial charge in [-0.05, 0) is 35.9 Å². The minimum atomic E-state index is -3.80. The molecule has 4 rings (SSSR count). The number of ether oxygens (including phenoxy) is 1. The molecule has 3 aromatic carbocycles. The van der Waals surface area contributed by atoms with Crippen LogP contribution in [0.2, 0.25) is 0 Å². The zero-order valence-electron chi connectivity index (χ0n) is 20.2. The van der Waals surface area contributed by atoms with Crippen LogP contribution in [0.5, 0.6) is 0 Å². The highest BCUT2D eigenvalue weighted by molar-refractivity contribution is 7.89. The predicted molar refractivity (Wildman–Crippen MR) is 138 cm³/mol. The first kappa shape index (κ1) is 26.8. The van der Waals surface area contributed by atoms with Gasteiger partial charge >= 0.3 is 0 Å². The predicted octanol–water partition coefficient (Wildman–Crippen LogP) is 4.58. The summed E-state index contributed by atoms with van der Waals surface area (Å²) in [5.74, 6) is -2.13. The average Bonchev–Trinajstić information content (AvgIpc) is 3.23. The van der Waals surface area contributed by atoms with E-state index in [9.17, 15) is 22.0 Å². The van der Waals surface area contributed by atoms with Crippen molar-refractivity contribution in [2.75, 3.05) is 20.3 Å². The molecule has 0 aliphatic rings. The van der Waals surface area contributed by atoms with Crippen molar-refractivity contribution in [1.82, 2.24) is 8.87 Å². The largest absolute Gasteiger partial charge is 0.383 e. The van der Waals surface area contributed by atoms with Gasteiger partial charge in [-0.3, -0.25) is 4.79 Å². The number of hydrogen-bond acceptors (Lipinski definition) is 5. The number of halogens is 2. The highest BCUT2D eigenvalue weighted by Gasteiger charge is 2.23. The Morgan fingerprint density at radius 3 is 2.43 bits per heavy atom. The number of thiazole rings is 1. The lowest BCUT2D eigenvalue weighted by atomic mass is 10.2. The molecule has 0 radical (unpaired) electrons. The molecule has 0 saturated carbocycles. The van der Waals surface area contributed by atoms with Gasteiger partial charge in [-0.2, -0.15) is 9.30 Å². The van der Waals surface area contributed by atoms with Gasteiger partial charge in [0, 0.05) is 38.4 Å². The molecule has 0 aliphatic carbocycles. The Bertz CT molecular complexity index is 1580.